The summed E-state index contributed by atoms with van der Waals surface area (Å²) in [5, 5.41) is 6.63. The van der Waals surface area contributed by atoms with Crippen LogP contribution in [0.5, 0.6) is 0 Å². The predicted octanol–water partition coefficient (Wildman–Crippen LogP) is 6.51. The van der Waals surface area contributed by atoms with Crippen LogP contribution in [-0.4, -0.2) is 29.8 Å². The molecule has 0 aromatic heterocycles. The second-order valence-corrected chi connectivity index (χ2v) is 24.6. The minimum absolute atomic E-state index is 0.215. The van der Waals surface area contributed by atoms with Gasteiger partial charge in [-0.2, -0.15) is 0 Å². The van der Waals surface area contributed by atoms with Gasteiger partial charge in [0.15, 0.2) is 0 Å². The Bertz CT molecular complexity index is 1560. The van der Waals surface area contributed by atoms with Crippen LogP contribution in [0.15, 0.2) is 182 Å². The fourth-order valence-corrected chi connectivity index (χ4v) is 24.6. The summed E-state index contributed by atoms with van der Waals surface area (Å²) in [4.78, 5) is 0. The van der Waals surface area contributed by atoms with E-state index in [2.05, 4.69) is 210 Å². The third-order valence-electron chi connectivity index (χ3n) is 8.82. The standard InChI is InChI=1S/2C18H15OSi.2C4H9O.Ti/c2*19-20(16-10-4-1-5-11-16,17-12-6-2-7-13-17)18-14-8-3-9-15-18;2*1-4(2)3-5;/h2*1-15H;2*4H,3H2,1-2H3;/q4*-1;+4. The van der Waals surface area contributed by atoms with Crippen LogP contribution >= 0.6 is 0 Å². The summed E-state index contributed by atoms with van der Waals surface area (Å²) in [5.41, 5.74) is 0. The summed E-state index contributed by atoms with van der Waals surface area (Å²) in [6.45, 7) is 9.54. The van der Waals surface area contributed by atoms with Crippen molar-refractivity contribution in [2.45, 2.75) is 27.7 Å². The Morgan fingerprint density at radius 3 is 0.725 bits per heavy atom. The zero-order valence-corrected chi connectivity index (χ0v) is 33.6. The first-order chi connectivity index (χ1) is 24.9. The number of rotatable bonds is 16. The monoisotopic (exact) mass is 744 g/mol. The third kappa shape index (κ3) is 8.36. The van der Waals surface area contributed by atoms with Crippen LogP contribution in [-0.2, 0) is 30.8 Å². The number of hydrogen-bond acceptors (Lipinski definition) is 4. The van der Waals surface area contributed by atoms with Crippen LogP contribution in [0, 0.1) is 11.8 Å². The van der Waals surface area contributed by atoms with E-state index in [-0.39, 0.29) is 11.8 Å². The summed E-state index contributed by atoms with van der Waals surface area (Å²) in [6, 6.07) is 63.9. The van der Waals surface area contributed by atoms with Crippen LogP contribution < -0.4 is 31.1 Å². The van der Waals surface area contributed by atoms with Crippen molar-refractivity contribution in [3.63, 3.8) is 0 Å². The number of benzene rings is 6. The second-order valence-electron chi connectivity index (χ2n) is 13.7. The molecule has 0 unspecified atom stereocenters. The Morgan fingerprint density at radius 1 is 0.353 bits per heavy atom. The predicted molar refractivity (Wildman–Crippen MR) is 212 cm³/mol. The van der Waals surface area contributed by atoms with E-state index in [0.717, 1.165) is 31.1 Å². The van der Waals surface area contributed by atoms with Gasteiger partial charge in [-0.15, -0.1) is 0 Å². The van der Waals surface area contributed by atoms with Crippen LogP contribution in [0.4, 0.5) is 0 Å². The van der Waals surface area contributed by atoms with E-state index in [9.17, 15) is 0 Å². The maximum atomic E-state index is 8.10. The van der Waals surface area contributed by atoms with E-state index in [1.54, 1.807) is 0 Å². The normalized spacial score (nSPS) is 12.4. The van der Waals surface area contributed by atoms with Gasteiger partial charge in [0, 0.05) is 0 Å². The maximum absolute atomic E-state index is 8.10. The molecule has 7 heteroatoms. The molecule has 0 atom stereocenters. The Balaban J connectivity index is 1.70. The van der Waals surface area contributed by atoms with Crippen LogP contribution in [0.3, 0.4) is 0 Å². The molecular weight excluding hydrogens is 697 g/mol. The van der Waals surface area contributed by atoms with Gasteiger partial charge in [0.1, 0.15) is 0 Å². The first kappa shape index (κ1) is 37.1. The van der Waals surface area contributed by atoms with Gasteiger partial charge in [-0.05, 0) is 0 Å². The van der Waals surface area contributed by atoms with E-state index < -0.39 is 34.8 Å². The van der Waals surface area contributed by atoms with Crippen molar-refractivity contribution in [1.82, 2.24) is 0 Å². The molecule has 0 heterocycles. The molecule has 0 radical (unpaired) electrons. The van der Waals surface area contributed by atoms with E-state index in [4.69, 9.17) is 12.7 Å². The molecule has 0 amide bonds. The van der Waals surface area contributed by atoms with E-state index in [0.29, 0.717) is 13.2 Å². The molecule has 0 aliphatic heterocycles. The number of hydrogen-bond donors (Lipinski definition) is 0. The zero-order chi connectivity index (χ0) is 35.6. The fraction of sp³-hybridized carbons (Fsp3) is 0.182. The van der Waals surface area contributed by atoms with Gasteiger partial charge in [-0.3, -0.25) is 0 Å². The molecule has 0 bridgehead atoms. The molecule has 6 aromatic rings. The zero-order valence-electron chi connectivity index (χ0n) is 30.0. The van der Waals surface area contributed by atoms with Gasteiger partial charge < -0.3 is 0 Å². The van der Waals surface area contributed by atoms with Crippen molar-refractivity contribution in [3.8, 4) is 0 Å². The molecule has 260 valence electrons. The second kappa shape index (κ2) is 17.2. The Labute approximate surface area is 311 Å². The molecule has 0 fully saturated rings. The van der Waals surface area contributed by atoms with Gasteiger partial charge in [0.2, 0.25) is 0 Å². The first-order valence-electron chi connectivity index (χ1n) is 17.9. The van der Waals surface area contributed by atoms with Crippen LogP contribution in [0.25, 0.3) is 0 Å². The average Bonchev–Trinajstić information content (AvgIpc) is 3.19. The van der Waals surface area contributed by atoms with Gasteiger partial charge >= 0.3 is 313 Å². The molecular formula is C44H48O4Si2Ti. The third-order valence-corrected chi connectivity index (χ3v) is 23.7. The summed E-state index contributed by atoms with van der Waals surface area (Å²) in [5.74, 6) is 0.430. The molecule has 0 spiro atoms. The van der Waals surface area contributed by atoms with Crippen LogP contribution in [0.2, 0.25) is 0 Å². The van der Waals surface area contributed by atoms with Crippen molar-refractivity contribution in [2.75, 3.05) is 13.2 Å². The van der Waals surface area contributed by atoms with Crippen molar-refractivity contribution in [1.29, 1.82) is 0 Å². The van der Waals surface area contributed by atoms with Crippen LogP contribution in [0.1, 0.15) is 27.7 Å². The van der Waals surface area contributed by atoms with Gasteiger partial charge in [0.25, 0.3) is 0 Å². The summed E-state index contributed by atoms with van der Waals surface area (Å²) in [6.07, 6.45) is 0. The molecule has 6 aromatic carbocycles. The van der Waals surface area contributed by atoms with E-state index >= 15 is 0 Å². The minimum atomic E-state index is -4.95. The fourth-order valence-electron chi connectivity index (χ4n) is 6.48. The molecule has 0 aliphatic rings. The average molecular weight is 745 g/mol. The van der Waals surface area contributed by atoms with Gasteiger partial charge in [-0.25, -0.2) is 0 Å². The summed E-state index contributed by atoms with van der Waals surface area (Å²) < 4.78 is 30.7. The summed E-state index contributed by atoms with van der Waals surface area (Å²) in [7, 11) is -6.75. The van der Waals surface area contributed by atoms with E-state index in [1.807, 2.05) is 0 Å². The SMILES string of the molecule is CC(C)C[O][Ti]([O]CC(C)C)([O][Si](c1ccccc1)(c1ccccc1)c1ccccc1)[O][Si](c1ccccc1)(c1ccccc1)c1ccccc1. The molecule has 0 saturated heterocycles. The molecule has 4 nitrogen and oxygen atoms in total. The molecule has 6 rings (SSSR count). The van der Waals surface area contributed by atoms with Crippen molar-refractivity contribution >= 4 is 47.8 Å². The topological polar surface area (TPSA) is 36.9 Å². The van der Waals surface area contributed by atoms with Crippen molar-refractivity contribution in [2.24, 2.45) is 11.8 Å². The Hall–Kier alpha value is -3.69. The van der Waals surface area contributed by atoms with Crippen molar-refractivity contribution in [3.05, 3.63) is 182 Å². The summed E-state index contributed by atoms with van der Waals surface area (Å²) >= 11 is -4.95. The van der Waals surface area contributed by atoms with Crippen molar-refractivity contribution < 1.29 is 30.8 Å². The van der Waals surface area contributed by atoms with E-state index in [1.165, 1.54) is 0 Å². The first-order valence-corrected chi connectivity index (χ1v) is 24.3. The van der Waals surface area contributed by atoms with Gasteiger partial charge in [0.05, 0.1) is 0 Å². The molecule has 0 N–H and O–H groups in total. The Kier molecular flexibility index (Phi) is 12.5. The quantitative estimate of drug-likeness (QED) is 0.0837. The Morgan fingerprint density at radius 2 is 0.549 bits per heavy atom. The van der Waals surface area contributed by atoms with Gasteiger partial charge in [-0.1, -0.05) is 0 Å². The molecule has 51 heavy (non-hydrogen) atoms. The molecule has 0 saturated carbocycles. The molecule has 0 aliphatic carbocycles.